The van der Waals surface area contributed by atoms with Crippen molar-refractivity contribution in [3.8, 4) is 16.8 Å². The Morgan fingerprint density at radius 3 is 2.31 bits per heavy atom. The monoisotopic (exact) mass is 558 g/mol. The molecular formula is C39H30N2S. The number of allylic oxidation sites excluding steroid dienone is 4. The topological polar surface area (TPSA) is 8.17 Å². The second-order valence-electron chi connectivity index (χ2n) is 12.1. The molecule has 0 amide bonds. The highest BCUT2D eigenvalue weighted by atomic mass is 32.2. The lowest BCUT2D eigenvalue weighted by molar-refractivity contribution is 0.630. The molecule has 202 valence electrons. The first kappa shape index (κ1) is 24.2. The van der Waals surface area contributed by atoms with Crippen molar-refractivity contribution in [3.05, 3.63) is 138 Å². The van der Waals surface area contributed by atoms with Gasteiger partial charge in [-0.1, -0.05) is 98.4 Å². The number of rotatable bonds is 2. The van der Waals surface area contributed by atoms with Gasteiger partial charge in [-0.3, -0.25) is 0 Å². The van der Waals surface area contributed by atoms with Gasteiger partial charge in [-0.05, 0) is 83.6 Å². The van der Waals surface area contributed by atoms with Gasteiger partial charge >= 0.3 is 0 Å². The highest BCUT2D eigenvalue weighted by Gasteiger charge is 2.35. The van der Waals surface area contributed by atoms with Gasteiger partial charge in [0.25, 0.3) is 0 Å². The zero-order chi connectivity index (χ0) is 28.0. The van der Waals surface area contributed by atoms with E-state index in [0.29, 0.717) is 0 Å². The van der Waals surface area contributed by atoms with Crippen molar-refractivity contribution >= 4 is 44.9 Å². The van der Waals surface area contributed by atoms with Crippen LogP contribution < -0.4 is 4.90 Å². The molecular weight excluding hydrogens is 529 g/mol. The Kier molecular flexibility index (Phi) is 5.04. The van der Waals surface area contributed by atoms with E-state index in [0.717, 1.165) is 12.8 Å². The van der Waals surface area contributed by atoms with Gasteiger partial charge in [0.15, 0.2) is 0 Å². The van der Waals surface area contributed by atoms with Crippen molar-refractivity contribution in [2.24, 2.45) is 0 Å². The van der Waals surface area contributed by atoms with Crippen LogP contribution in [0.1, 0.15) is 37.8 Å². The zero-order valence-electron chi connectivity index (χ0n) is 23.8. The second-order valence-corrected chi connectivity index (χ2v) is 13.2. The minimum Gasteiger partial charge on any atom is -0.312 e. The molecule has 0 unspecified atom stereocenters. The molecule has 1 aromatic heterocycles. The summed E-state index contributed by atoms with van der Waals surface area (Å²) in [6, 6.07) is 38.7. The van der Waals surface area contributed by atoms with Crippen LogP contribution in [0.4, 0.5) is 11.4 Å². The first-order valence-corrected chi connectivity index (χ1v) is 15.7. The molecule has 3 heterocycles. The number of para-hydroxylation sites is 3. The first-order chi connectivity index (χ1) is 20.6. The van der Waals surface area contributed by atoms with Crippen LogP contribution in [0, 0.1) is 0 Å². The zero-order valence-corrected chi connectivity index (χ0v) is 24.6. The average Bonchev–Trinajstić information content (AvgIpc) is 3.37. The molecule has 1 aliphatic carbocycles. The van der Waals surface area contributed by atoms with E-state index < -0.39 is 0 Å². The summed E-state index contributed by atoms with van der Waals surface area (Å²) in [6.07, 6.45) is 8.88. The van der Waals surface area contributed by atoms with Gasteiger partial charge in [-0.25, -0.2) is 0 Å². The highest BCUT2D eigenvalue weighted by molar-refractivity contribution is 7.99. The molecule has 2 nitrogen and oxygen atoms in total. The van der Waals surface area contributed by atoms with Crippen molar-refractivity contribution < 1.29 is 0 Å². The van der Waals surface area contributed by atoms with E-state index in [2.05, 4.69) is 145 Å². The number of fused-ring (bicyclic) bond motifs is 7. The van der Waals surface area contributed by atoms with Crippen LogP contribution in [0.25, 0.3) is 38.6 Å². The van der Waals surface area contributed by atoms with Gasteiger partial charge in [0.2, 0.25) is 0 Å². The molecule has 0 spiro atoms. The van der Waals surface area contributed by atoms with E-state index in [1.165, 1.54) is 76.6 Å². The van der Waals surface area contributed by atoms with Crippen LogP contribution in [0.5, 0.6) is 0 Å². The van der Waals surface area contributed by atoms with E-state index in [4.69, 9.17) is 0 Å². The van der Waals surface area contributed by atoms with E-state index in [-0.39, 0.29) is 5.41 Å². The average molecular weight is 559 g/mol. The third kappa shape index (κ3) is 3.29. The molecule has 0 saturated heterocycles. The lowest BCUT2D eigenvalue weighted by atomic mass is 9.75. The summed E-state index contributed by atoms with van der Waals surface area (Å²) in [7, 11) is 0. The molecule has 0 radical (unpaired) electrons. The molecule has 3 aliphatic rings. The Labute approximate surface area is 250 Å². The SMILES string of the molecule is CC1(C)c2ccccc2-n2c3ccc(-c4ccc5c(c4)N(C4=CC=CCC4)c4ccccc4S5)cc3c3cccc1c32. The van der Waals surface area contributed by atoms with Crippen molar-refractivity contribution in [2.75, 3.05) is 4.90 Å². The maximum atomic E-state index is 2.50. The summed E-state index contributed by atoms with van der Waals surface area (Å²) in [5.41, 5.74) is 13.0. The van der Waals surface area contributed by atoms with Gasteiger partial charge in [0, 0.05) is 31.7 Å². The summed E-state index contributed by atoms with van der Waals surface area (Å²) < 4.78 is 2.50. The summed E-state index contributed by atoms with van der Waals surface area (Å²) in [4.78, 5) is 5.11. The van der Waals surface area contributed by atoms with Crippen LogP contribution in [0.3, 0.4) is 0 Å². The molecule has 3 heteroatoms. The summed E-state index contributed by atoms with van der Waals surface area (Å²) in [5, 5.41) is 2.64. The van der Waals surface area contributed by atoms with Crippen LogP contribution in [-0.4, -0.2) is 4.57 Å². The Bertz CT molecular complexity index is 2160. The summed E-state index contributed by atoms with van der Waals surface area (Å²) in [5.74, 6) is 0. The standard InChI is InChI=1S/C39H30N2S/c1-39(2)30-14-6-7-16-33(30)41-32-21-19-25(23-29(32)28-13-10-15-31(39)38(28)41)26-20-22-37-35(24-26)40(27-11-4-3-5-12-27)34-17-8-9-18-36(34)42-37/h3-4,6-11,13-24H,5,12H2,1-2H3. The Morgan fingerprint density at radius 1 is 0.667 bits per heavy atom. The molecule has 9 rings (SSSR count). The molecule has 42 heavy (non-hydrogen) atoms. The molecule has 0 N–H and O–H groups in total. The van der Waals surface area contributed by atoms with Crippen molar-refractivity contribution in [3.63, 3.8) is 0 Å². The molecule has 0 atom stereocenters. The van der Waals surface area contributed by atoms with Crippen LogP contribution in [0.15, 0.2) is 137 Å². The fraction of sp³-hybridized carbons (Fsp3) is 0.128. The lowest BCUT2D eigenvalue weighted by Crippen LogP contribution is -2.26. The number of aromatic nitrogens is 1. The molecule has 0 fully saturated rings. The van der Waals surface area contributed by atoms with Gasteiger partial charge < -0.3 is 9.47 Å². The van der Waals surface area contributed by atoms with Crippen molar-refractivity contribution in [2.45, 2.75) is 41.9 Å². The minimum absolute atomic E-state index is 0.0534. The smallest absolute Gasteiger partial charge is 0.0604 e. The maximum Gasteiger partial charge on any atom is 0.0604 e. The third-order valence-electron chi connectivity index (χ3n) is 9.42. The fourth-order valence-corrected chi connectivity index (χ4v) is 8.40. The van der Waals surface area contributed by atoms with Crippen molar-refractivity contribution in [1.29, 1.82) is 0 Å². The Hall–Kier alpha value is -4.47. The van der Waals surface area contributed by atoms with Crippen LogP contribution in [0.2, 0.25) is 0 Å². The van der Waals surface area contributed by atoms with Gasteiger partial charge in [-0.2, -0.15) is 0 Å². The van der Waals surface area contributed by atoms with E-state index in [1.54, 1.807) is 0 Å². The van der Waals surface area contributed by atoms with Crippen molar-refractivity contribution in [1.82, 2.24) is 4.57 Å². The summed E-state index contributed by atoms with van der Waals surface area (Å²) in [6.45, 7) is 4.72. The molecule has 0 bridgehead atoms. The third-order valence-corrected chi connectivity index (χ3v) is 10.5. The van der Waals surface area contributed by atoms with Gasteiger partial charge in [-0.15, -0.1) is 0 Å². The normalized spacial score (nSPS) is 16.2. The first-order valence-electron chi connectivity index (χ1n) is 14.8. The second kappa shape index (κ2) is 8.77. The predicted molar refractivity (Wildman–Crippen MR) is 178 cm³/mol. The molecule has 6 aromatic rings. The summed E-state index contributed by atoms with van der Waals surface area (Å²) >= 11 is 1.88. The van der Waals surface area contributed by atoms with E-state index in [1.807, 2.05) is 11.8 Å². The highest BCUT2D eigenvalue weighted by Crippen LogP contribution is 2.52. The Morgan fingerprint density at radius 2 is 1.43 bits per heavy atom. The number of hydrogen-bond donors (Lipinski definition) is 0. The lowest BCUT2D eigenvalue weighted by Gasteiger charge is -2.35. The minimum atomic E-state index is -0.0534. The van der Waals surface area contributed by atoms with E-state index in [9.17, 15) is 0 Å². The van der Waals surface area contributed by atoms with E-state index >= 15 is 0 Å². The fourth-order valence-electron chi connectivity index (χ4n) is 7.37. The largest absolute Gasteiger partial charge is 0.312 e. The van der Waals surface area contributed by atoms with Crippen LogP contribution >= 0.6 is 11.8 Å². The molecule has 2 aliphatic heterocycles. The van der Waals surface area contributed by atoms with Gasteiger partial charge in [0.1, 0.15) is 0 Å². The van der Waals surface area contributed by atoms with Crippen LogP contribution in [-0.2, 0) is 5.41 Å². The quantitative estimate of drug-likeness (QED) is 0.209. The number of anilines is 2. The Balaban J connectivity index is 1.25. The number of benzene rings is 5. The number of nitrogens with zero attached hydrogens (tertiary/aromatic N) is 2. The van der Waals surface area contributed by atoms with Gasteiger partial charge in [0.05, 0.1) is 28.1 Å². The maximum absolute atomic E-state index is 2.50. The molecule has 0 saturated carbocycles. The predicted octanol–water partition coefficient (Wildman–Crippen LogP) is 10.9. The molecule has 5 aromatic carbocycles. The number of hydrogen-bond acceptors (Lipinski definition) is 2.